The van der Waals surface area contributed by atoms with E-state index in [0.717, 1.165) is 24.8 Å². The van der Waals surface area contributed by atoms with Crippen LogP contribution in [0.15, 0.2) is 35.1 Å². The highest BCUT2D eigenvalue weighted by Crippen LogP contribution is 2.52. The molecule has 1 aromatic heterocycles. The van der Waals surface area contributed by atoms with Crippen LogP contribution in [-0.2, 0) is 15.9 Å². The molecule has 1 fully saturated rings. The molecule has 1 aromatic carbocycles. The van der Waals surface area contributed by atoms with Crippen LogP contribution in [-0.4, -0.2) is 47.8 Å². The van der Waals surface area contributed by atoms with Gasteiger partial charge >= 0.3 is 12.1 Å². The van der Waals surface area contributed by atoms with Gasteiger partial charge in [-0.05, 0) is 67.1 Å². The van der Waals surface area contributed by atoms with Gasteiger partial charge in [0.25, 0.3) is 0 Å². The highest BCUT2D eigenvalue weighted by molar-refractivity contribution is 9.10. The maximum atomic E-state index is 12.7. The van der Waals surface area contributed by atoms with Gasteiger partial charge in [-0.3, -0.25) is 0 Å². The molecule has 4 rings (SSSR count). The highest BCUT2D eigenvalue weighted by Gasteiger charge is 2.49. The number of amides is 1. The molecule has 9 heteroatoms. The Morgan fingerprint density at radius 3 is 2.58 bits per heavy atom. The molecule has 0 radical (unpaired) electrons. The first kappa shape index (κ1) is 23.5. The SMILES string of the molecule is COC(=O)c1nc(Br)cnc1N1CCC2(CC1)Cc1ccccc1[C@H]2NC(=O)OC(C)(C)C. The van der Waals surface area contributed by atoms with Crippen LogP contribution in [0.3, 0.4) is 0 Å². The molecule has 1 atom stereocenters. The van der Waals surface area contributed by atoms with Gasteiger partial charge in [-0.2, -0.15) is 0 Å². The fourth-order valence-electron chi connectivity index (χ4n) is 4.90. The molecule has 2 heterocycles. The molecule has 2 aliphatic rings. The minimum atomic E-state index is -0.566. The number of ether oxygens (including phenoxy) is 2. The second-order valence-electron chi connectivity index (χ2n) is 9.66. The van der Waals surface area contributed by atoms with Crippen molar-refractivity contribution < 1.29 is 19.1 Å². The Hall–Kier alpha value is -2.68. The number of carbonyl (C=O) groups excluding carboxylic acids is 2. The number of methoxy groups -OCH3 is 1. The Labute approximate surface area is 202 Å². The molecule has 1 spiro atoms. The van der Waals surface area contributed by atoms with Crippen LogP contribution in [0.4, 0.5) is 10.6 Å². The Bertz CT molecular complexity index is 1060. The average Bonchev–Trinajstić information content (AvgIpc) is 3.05. The number of carbonyl (C=O) groups is 2. The number of nitrogens with zero attached hydrogens (tertiary/aromatic N) is 3. The van der Waals surface area contributed by atoms with Crippen LogP contribution in [0.2, 0.25) is 0 Å². The van der Waals surface area contributed by atoms with Crippen LogP contribution in [0.5, 0.6) is 0 Å². The van der Waals surface area contributed by atoms with Crippen LogP contribution < -0.4 is 10.2 Å². The number of hydrogen-bond donors (Lipinski definition) is 1. The third-order valence-electron chi connectivity index (χ3n) is 6.34. The summed E-state index contributed by atoms with van der Waals surface area (Å²) in [6, 6.07) is 8.14. The summed E-state index contributed by atoms with van der Waals surface area (Å²) in [5.41, 5.74) is 1.90. The van der Waals surface area contributed by atoms with Gasteiger partial charge in [0.15, 0.2) is 11.5 Å². The number of benzene rings is 1. The number of hydrogen-bond acceptors (Lipinski definition) is 7. The number of anilines is 1. The summed E-state index contributed by atoms with van der Waals surface area (Å²) >= 11 is 3.28. The summed E-state index contributed by atoms with van der Waals surface area (Å²) in [6.07, 6.45) is 3.71. The monoisotopic (exact) mass is 516 g/mol. The summed E-state index contributed by atoms with van der Waals surface area (Å²) < 4.78 is 11.0. The van der Waals surface area contributed by atoms with Gasteiger partial charge in [0.2, 0.25) is 0 Å². The molecule has 1 aliphatic heterocycles. The molecule has 0 saturated carbocycles. The van der Waals surface area contributed by atoms with Crippen LogP contribution in [0.25, 0.3) is 0 Å². The van der Waals surface area contributed by atoms with Gasteiger partial charge in [-0.1, -0.05) is 24.3 Å². The van der Waals surface area contributed by atoms with Gasteiger partial charge in [0.05, 0.1) is 19.3 Å². The molecule has 1 saturated heterocycles. The Morgan fingerprint density at radius 2 is 1.91 bits per heavy atom. The largest absolute Gasteiger partial charge is 0.464 e. The number of alkyl carbamates (subject to hydrolysis) is 1. The minimum Gasteiger partial charge on any atom is -0.464 e. The molecule has 1 amide bonds. The van der Waals surface area contributed by atoms with E-state index in [0.29, 0.717) is 23.5 Å². The zero-order chi connectivity index (χ0) is 23.8. The van der Waals surface area contributed by atoms with E-state index in [9.17, 15) is 9.59 Å². The zero-order valence-electron chi connectivity index (χ0n) is 19.4. The molecule has 0 bridgehead atoms. The molecule has 1 N–H and O–H groups in total. The van der Waals surface area contributed by atoms with Crippen molar-refractivity contribution in [1.29, 1.82) is 0 Å². The van der Waals surface area contributed by atoms with E-state index in [1.54, 1.807) is 6.20 Å². The van der Waals surface area contributed by atoms with Crippen molar-refractivity contribution in [3.63, 3.8) is 0 Å². The molecular formula is C24H29BrN4O4. The maximum Gasteiger partial charge on any atom is 0.408 e. The summed E-state index contributed by atoms with van der Waals surface area (Å²) in [6.45, 7) is 6.95. The molecule has 8 nitrogen and oxygen atoms in total. The van der Waals surface area contributed by atoms with Crippen molar-refractivity contribution in [1.82, 2.24) is 15.3 Å². The lowest BCUT2D eigenvalue weighted by molar-refractivity contribution is 0.0426. The molecule has 2 aromatic rings. The number of nitrogens with one attached hydrogen (secondary N) is 1. The number of halogens is 1. The molecule has 176 valence electrons. The van der Waals surface area contributed by atoms with Gasteiger partial charge in [-0.25, -0.2) is 19.6 Å². The minimum absolute atomic E-state index is 0.134. The topological polar surface area (TPSA) is 93.6 Å². The summed E-state index contributed by atoms with van der Waals surface area (Å²) in [4.78, 5) is 35.8. The van der Waals surface area contributed by atoms with Crippen molar-refractivity contribution >= 4 is 33.8 Å². The number of esters is 1. The summed E-state index contributed by atoms with van der Waals surface area (Å²) in [7, 11) is 1.34. The maximum absolute atomic E-state index is 12.7. The Morgan fingerprint density at radius 1 is 1.21 bits per heavy atom. The number of aromatic nitrogens is 2. The normalized spacial score (nSPS) is 19.2. The molecule has 1 aliphatic carbocycles. The van der Waals surface area contributed by atoms with E-state index in [-0.39, 0.29) is 17.2 Å². The lowest BCUT2D eigenvalue weighted by Crippen LogP contribution is -2.48. The number of rotatable bonds is 3. The van der Waals surface area contributed by atoms with E-state index < -0.39 is 17.7 Å². The van der Waals surface area contributed by atoms with Gasteiger partial charge < -0.3 is 19.7 Å². The number of piperidine rings is 1. The fraction of sp³-hybridized carbons (Fsp3) is 0.500. The van der Waals surface area contributed by atoms with Crippen molar-refractivity contribution in [2.24, 2.45) is 5.41 Å². The molecule has 33 heavy (non-hydrogen) atoms. The predicted molar refractivity (Wildman–Crippen MR) is 127 cm³/mol. The van der Waals surface area contributed by atoms with E-state index in [1.807, 2.05) is 32.9 Å². The van der Waals surface area contributed by atoms with E-state index in [1.165, 1.54) is 12.7 Å². The summed E-state index contributed by atoms with van der Waals surface area (Å²) in [5.74, 6) is 0.00360. The number of fused-ring (bicyclic) bond motifs is 1. The molecule has 0 unspecified atom stereocenters. The average molecular weight is 517 g/mol. The van der Waals surface area contributed by atoms with Gasteiger partial charge in [0, 0.05) is 18.5 Å². The van der Waals surface area contributed by atoms with Crippen molar-refractivity contribution in [3.8, 4) is 0 Å². The van der Waals surface area contributed by atoms with E-state index in [2.05, 4.69) is 48.2 Å². The van der Waals surface area contributed by atoms with E-state index in [4.69, 9.17) is 9.47 Å². The predicted octanol–water partition coefficient (Wildman–Crippen LogP) is 4.43. The molecular weight excluding hydrogens is 488 g/mol. The van der Waals surface area contributed by atoms with Crippen LogP contribution in [0, 0.1) is 5.41 Å². The lowest BCUT2D eigenvalue weighted by Gasteiger charge is -2.44. The fourth-order valence-corrected chi connectivity index (χ4v) is 5.18. The quantitative estimate of drug-likeness (QED) is 0.602. The van der Waals surface area contributed by atoms with E-state index >= 15 is 0 Å². The van der Waals surface area contributed by atoms with Gasteiger partial charge in [0.1, 0.15) is 10.2 Å². The Balaban J connectivity index is 1.57. The first-order valence-corrected chi connectivity index (χ1v) is 11.8. The first-order valence-electron chi connectivity index (χ1n) is 11.0. The van der Waals surface area contributed by atoms with Crippen molar-refractivity contribution in [2.45, 2.75) is 51.7 Å². The standard InChI is InChI=1S/C24H29BrN4O4/c1-23(2,3)33-22(31)28-19-16-8-6-5-7-15(16)13-24(19)9-11-29(12-10-24)20-18(21(30)32-4)27-17(25)14-26-20/h5-8,14,19H,9-13H2,1-4H3,(H,28,31)/t19-/m1/s1. The highest BCUT2D eigenvalue weighted by atomic mass is 79.9. The lowest BCUT2D eigenvalue weighted by atomic mass is 9.72. The van der Waals surface area contributed by atoms with Crippen LogP contribution in [0.1, 0.15) is 61.3 Å². The first-order chi connectivity index (χ1) is 15.6. The van der Waals surface area contributed by atoms with Crippen LogP contribution >= 0.6 is 15.9 Å². The summed E-state index contributed by atoms with van der Waals surface area (Å²) in [5, 5.41) is 3.17. The van der Waals surface area contributed by atoms with Crippen molar-refractivity contribution in [3.05, 3.63) is 51.9 Å². The third-order valence-corrected chi connectivity index (χ3v) is 6.73. The second kappa shape index (κ2) is 8.93. The second-order valence-corrected chi connectivity index (χ2v) is 10.5. The third kappa shape index (κ3) is 4.83. The zero-order valence-corrected chi connectivity index (χ0v) is 20.9. The Kier molecular flexibility index (Phi) is 6.35. The van der Waals surface area contributed by atoms with Crippen molar-refractivity contribution in [2.75, 3.05) is 25.1 Å². The smallest absolute Gasteiger partial charge is 0.408 e. The van der Waals surface area contributed by atoms with Gasteiger partial charge in [-0.15, -0.1) is 0 Å².